The first-order valence-electron chi connectivity index (χ1n) is 13.7. The molecule has 1 aromatic carbocycles. The molecular formula is C29H50OSi. The van der Waals surface area contributed by atoms with E-state index in [0.717, 1.165) is 30.1 Å². The predicted molar refractivity (Wildman–Crippen MR) is 139 cm³/mol. The zero-order valence-electron chi connectivity index (χ0n) is 20.9. The first-order chi connectivity index (χ1) is 15.0. The minimum atomic E-state index is -1.09. The molecule has 0 aliphatic heterocycles. The molecule has 2 saturated carbocycles. The highest BCUT2D eigenvalue weighted by Crippen LogP contribution is 2.45. The fourth-order valence-corrected chi connectivity index (χ4v) is 10.1. The Kier molecular flexibility index (Phi) is 10.2. The van der Waals surface area contributed by atoms with Crippen LogP contribution < -0.4 is 0 Å². The number of aliphatic hydroxyl groups is 1. The summed E-state index contributed by atoms with van der Waals surface area (Å²) in [5, 5.41) is 9.18. The highest BCUT2D eigenvalue weighted by atomic mass is 28.3. The maximum Gasteiger partial charge on any atom is 0.0477 e. The van der Waals surface area contributed by atoms with Gasteiger partial charge in [0.05, 0.1) is 0 Å². The van der Waals surface area contributed by atoms with E-state index in [9.17, 15) is 5.11 Å². The van der Waals surface area contributed by atoms with E-state index in [1.165, 1.54) is 94.7 Å². The van der Waals surface area contributed by atoms with Crippen molar-refractivity contribution >= 4 is 8.07 Å². The summed E-state index contributed by atoms with van der Waals surface area (Å²) in [5.41, 5.74) is 3.14. The molecule has 2 aliphatic rings. The van der Waals surface area contributed by atoms with E-state index in [0.29, 0.717) is 6.61 Å². The molecule has 0 saturated heterocycles. The third kappa shape index (κ3) is 8.04. The fourth-order valence-electron chi connectivity index (χ4n) is 6.76. The number of benzene rings is 1. The second kappa shape index (κ2) is 12.6. The Bertz CT molecular complexity index is 606. The van der Waals surface area contributed by atoms with E-state index in [1.807, 2.05) is 0 Å². The van der Waals surface area contributed by atoms with Gasteiger partial charge >= 0.3 is 0 Å². The summed E-state index contributed by atoms with van der Waals surface area (Å²) >= 11 is 0. The number of aryl methyl sites for hydroxylation is 1. The van der Waals surface area contributed by atoms with Gasteiger partial charge in [-0.2, -0.15) is 0 Å². The Morgan fingerprint density at radius 2 is 1.42 bits per heavy atom. The lowest BCUT2D eigenvalue weighted by Gasteiger charge is -2.39. The van der Waals surface area contributed by atoms with Crippen molar-refractivity contribution in [3.63, 3.8) is 0 Å². The quantitative estimate of drug-likeness (QED) is 0.269. The van der Waals surface area contributed by atoms with E-state index < -0.39 is 8.07 Å². The molecule has 0 radical (unpaired) electrons. The Balaban J connectivity index is 1.38. The molecule has 0 heterocycles. The zero-order chi connectivity index (χ0) is 22.1. The third-order valence-electron chi connectivity index (χ3n) is 8.70. The van der Waals surface area contributed by atoms with Gasteiger partial charge in [0.25, 0.3) is 0 Å². The van der Waals surface area contributed by atoms with Gasteiger partial charge < -0.3 is 5.11 Å². The first kappa shape index (κ1) is 25.0. The van der Waals surface area contributed by atoms with Crippen molar-refractivity contribution in [3.8, 4) is 0 Å². The average Bonchev–Trinajstić information content (AvgIpc) is 2.79. The molecule has 0 amide bonds. The third-order valence-corrected chi connectivity index (χ3v) is 12.1. The summed E-state index contributed by atoms with van der Waals surface area (Å²) < 4.78 is 0. The normalized spacial score (nSPS) is 27.4. The van der Waals surface area contributed by atoms with Crippen molar-refractivity contribution in [1.29, 1.82) is 0 Å². The van der Waals surface area contributed by atoms with Crippen molar-refractivity contribution in [2.75, 3.05) is 6.61 Å². The van der Waals surface area contributed by atoms with Gasteiger partial charge in [-0.05, 0) is 92.6 Å². The molecule has 0 aromatic heterocycles. The molecule has 3 rings (SSSR count). The number of aliphatic hydroxyl groups excluding tert-OH is 1. The lowest BCUT2D eigenvalue weighted by molar-refractivity contribution is 0.164. The van der Waals surface area contributed by atoms with Gasteiger partial charge in [-0.1, -0.05) is 82.1 Å². The van der Waals surface area contributed by atoms with Crippen molar-refractivity contribution in [2.45, 2.75) is 121 Å². The van der Waals surface area contributed by atoms with Crippen LogP contribution in [0.2, 0.25) is 25.2 Å². The summed E-state index contributed by atoms with van der Waals surface area (Å²) in [6.45, 7) is 7.77. The van der Waals surface area contributed by atoms with Gasteiger partial charge in [0.1, 0.15) is 0 Å². The Morgan fingerprint density at radius 1 is 0.806 bits per heavy atom. The van der Waals surface area contributed by atoms with Gasteiger partial charge in [-0.15, -0.1) is 0 Å². The topological polar surface area (TPSA) is 20.2 Å². The second-order valence-electron chi connectivity index (χ2n) is 11.8. The van der Waals surface area contributed by atoms with Gasteiger partial charge in [0.15, 0.2) is 0 Å². The van der Waals surface area contributed by atoms with Crippen molar-refractivity contribution in [2.24, 2.45) is 17.8 Å². The molecule has 1 nitrogen and oxygen atoms in total. The smallest absolute Gasteiger partial charge is 0.0477 e. The highest BCUT2D eigenvalue weighted by molar-refractivity contribution is 6.77. The summed E-state index contributed by atoms with van der Waals surface area (Å²) in [4.78, 5) is 0. The molecule has 0 spiro atoms. The van der Waals surface area contributed by atoms with E-state index in [1.54, 1.807) is 5.56 Å². The van der Waals surface area contributed by atoms with E-state index >= 15 is 0 Å². The standard InChI is InChI=1S/C29H50OSi/c1-4-5-6-8-24-9-13-26(14-10-24)28-17-19-29(20-18-28)27-15-11-25(12-16-27)23-31(2,3)22-7-21-30/h9-10,13-14,25,27-30H,4-8,11-12,15-23H2,1-3H3. The molecule has 0 bridgehead atoms. The van der Waals surface area contributed by atoms with Crippen molar-refractivity contribution in [1.82, 2.24) is 0 Å². The van der Waals surface area contributed by atoms with Crippen LogP contribution >= 0.6 is 0 Å². The summed E-state index contributed by atoms with van der Waals surface area (Å²) in [6.07, 6.45) is 18.0. The van der Waals surface area contributed by atoms with Crippen LogP contribution in [0.15, 0.2) is 24.3 Å². The van der Waals surface area contributed by atoms with Crippen LogP contribution in [0.25, 0.3) is 0 Å². The summed E-state index contributed by atoms with van der Waals surface area (Å²) in [6, 6.07) is 12.5. The summed E-state index contributed by atoms with van der Waals surface area (Å²) in [7, 11) is -1.09. The van der Waals surface area contributed by atoms with Crippen LogP contribution in [0.4, 0.5) is 0 Å². The monoisotopic (exact) mass is 442 g/mol. The molecule has 0 unspecified atom stereocenters. The Labute approximate surface area is 194 Å². The molecule has 0 atom stereocenters. The van der Waals surface area contributed by atoms with Gasteiger partial charge in [0, 0.05) is 14.7 Å². The van der Waals surface area contributed by atoms with E-state index in [-0.39, 0.29) is 0 Å². The van der Waals surface area contributed by atoms with Crippen LogP contribution in [0.1, 0.15) is 101 Å². The lowest BCUT2D eigenvalue weighted by Crippen LogP contribution is -2.32. The maximum atomic E-state index is 9.18. The average molecular weight is 443 g/mol. The molecule has 31 heavy (non-hydrogen) atoms. The second-order valence-corrected chi connectivity index (χ2v) is 17.0. The van der Waals surface area contributed by atoms with Crippen LogP contribution in [0.5, 0.6) is 0 Å². The fraction of sp³-hybridized carbons (Fsp3) is 0.793. The van der Waals surface area contributed by atoms with Crippen LogP contribution in [0, 0.1) is 17.8 Å². The summed E-state index contributed by atoms with van der Waals surface area (Å²) in [5.74, 6) is 3.82. The zero-order valence-corrected chi connectivity index (χ0v) is 21.9. The highest BCUT2D eigenvalue weighted by Gasteiger charge is 2.33. The molecule has 2 fully saturated rings. The number of unbranched alkanes of at least 4 members (excludes halogenated alkanes) is 2. The molecule has 2 heteroatoms. The van der Waals surface area contributed by atoms with Crippen molar-refractivity contribution < 1.29 is 5.11 Å². The van der Waals surface area contributed by atoms with Crippen LogP contribution in [0.3, 0.4) is 0 Å². The van der Waals surface area contributed by atoms with Gasteiger partial charge in [0.2, 0.25) is 0 Å². The lowest BCUT2D eigenvalue weighted by atomic mass is 9.68. The molecule has 176 valence electrons. The first-order valence-corrected chi connectivity index (χ1v) is 17.1. The maximum absolute atomic E-state index is 9.18. The number of hydrogen-bond acceptors (Lipinski definition) is 1. The Hall–Kier alpha value is -0.603. The molecular weight excluding hydrogens is 392 g/mol. The van der Waals surface area contributed by atoms with Crippen LogP contribution in [-0.2, 0) is 6.42 Å². The molecule has 1 N–H and O–H groups in total. The van der Waals surface area contributed by atoms with Gasteiger partial charge in [-0.25, -0.2) is 0 Å². The minimum absolute atomic E-state index is 0.384. The Morgan fingerprint density at radius 3 is 2.00 bits per heavy atom. The number of rotatable bonds is 11. The molecule has 2 aliphatic carbocycles. The number of hydrogen-bond donors (Lipinski definition) is 1. The SMILES string of the molecule is CCCCCc1ccc(C2CCC(C3CCC(C[Si](C)(C)CCCO)CC3)CC2)cc1. The molecule has 1 aromatic rings. The van der Waals surface area contributed by atoms with E-state index in [2.05, 4.69) is 44.3 Å². The van der Waals surface area contributed by atoms with Gasteiger partial charge in [-0.3, -0.25) is 0 Å². The predicted octanol–water partition coefficient (Wildman–Crippen LogP) is 8.59. The van der Waals surface area contributed by atoms with Crippen LogP contribution in [-0.4, -0.2) is 19.8 Å². The van der Waals surface area contributed by atoms with Crippen molar-refractivity contribution in [3.05, 3.63) is 35.4 Å². The minimum Gasteiger partial charge on any atom is -0.396 e. The van der Waals surface area contributed by atoms with E-state index in [4.69, 9.17) is 0 Å². The largest absolute Gasteiger partial charge is 0.396 e.